The van der Waals surface area contributed by atoms with Crippen LogP contribution in [0.5, 0.6) is 0 Å². The largest absolute Gasteiger partial charge is 0.376 e. The van der Waals surface area contributed by atoms with E-state index in [1.54, 1.807) is 11.3 Å². The molecule has 134 valence electrons. The average Bonchev–Trinajstić information content (AvgIpc) is 3.28. The van der Waals surface area contributed by atoms with Crippen LogP contribution in [0.3, 0.4) is 0 Å². The number of nitrogens with one attached hydrogen (secondary N) is 1. The molecule has 1 aliphatic carbocycles. The summed E-state index contributed by atoms with van der Waals surface area (Å²) in [6, 6.07) is 8.92. The fraction of sp³-hybridized carbons (Fsp3) is 0.400. The molecule has 26 heavy (non-hydrogen) atoms. The van der Waals surface area contributed by atoms with E-state index >= 15 is 0 Å². The second-order valence-electron chi connectivity index (χ2n) is 7.13. The fourth-order valence-corrected chi connectivity index (χ4v) is 4.76. The highest BCUT2D eigenvalue weighted by Gasteiger charge is 2.26. The summed E-state index contributed by atoms with van der Waals surface area (Å²) in [7, 11) is 0. The smallest absolute Gasteiger partial charge is 0.261 e. The molecule has 0 bridgehead atoms. The number of ether oxygens (including phenoxy) is 1. The zero-order valence-corrected chi connectivity index (χ0v) is 15.6. The van der Waals surface area contributed by atoms with Crippen molar-refractivity contribution in [3.63, 3.8) is 0 Å². The molecule has 1 amide bonds. The van der Waals surface area contributed by atoms with E-state index in [4.69, 9.17) is 9.72 Å². The van der Waals surface area contributed by atoms with Gasteiger partial charge in [-0.1, -0.05) is 6.07 Å². The Bertz CT molecular complexity index is 977. The summed E-state index contributed by atoms with van der Waals surface area (Å²) in [4.78, 5) is 19.3. The third-order valence-corrected chi connectivity index (χ3v) is 6.38. The topological polar surface area (TPSA) is 56.1 Å². The number of nitrogens with zero attached hydrogens (tertiary/aromatic N) is 2. The molecule has 6 heteroatoms. The second kappa shape index (κ2) is 6.21. The fourth-order valence-electron chi connectivity index (χ4n) is 3.70. The zero-order valence-electron chi connectivity index (χ0n) is 14.7. The molecule has 1 N–H and O–H groups in total. The van der Waals surface area contributed by atoms with Gasteiger partial charge in [0.1, 0.15) is 5.82 Å². The Morgan fingerprint density at radius 3 is 3.08 bits per heavy atom. The summed E-state index contributed by atoms with van der Waals surface area (Å²) in [6.45, 7) is 3.96. The van der Waals surface area contributed by atoms with Gasteiger partial charge in [0, 0.05) is 23.9 Å². The lowest BCUT2D eigenvalue weighted by atomic mass is 10.2. The van der Waals surface area contributed by atoms with Crippen molar-refractivity contribution < 1.29 is 9.53 Å². The highest BCUT2D eigenvalue weighted by Crippen LogP contribution is 2.38. The normalized spacial score (nSPS) is 16.7. The number of carbonyl (C=O) groups is 1. The summed E-state index contributed by atoms with van der Waals surface area (Å²) in [5.74, 6) is 1.07. The van der Waals surface area contributed by atoms with Crippen LogP contribution in [-0.4, -0.2) is 22.1 Å². The van der Waals surface area contributed by atoms with Crippen LogP contribution >= 0.6 is 11.3 Å². The predicted molar refractivity (Wildman–Crippen MR) is 102 cm³/mol. The maximum absolute atomic E-state index is 12.5. The highest BCUT2D eigenvalue weighted by molar-refractivity contribution is 7.14. The lowest BCUT2D eigenvalue weighted by Crippen LogP contribution is -2.21. The Kier molecular flexibility index (Phi) is 3.83. The molecule has 0 unspecified atom stereocenters. The van der Waals surface area contributed by atoms with Crippen molar-refractivity contribution in [3.05, 3.63) is 51.0 Å². The van der Waals surface area contributed by atoms with Crippen molar-refractivity contribution in [2.45, 2.75) is 45.4 Å². The van der Waals surface area contributed by atoms with Gasteiger partial charge in [-0.15, -0.1) is 11.3 Å². The summed E-state index contributed by atoms with van der Waals surface area (Å²) >= 11 is 1.59. The number of imidazole rings is 1. The number of rotatable bonds is 4. The van der Waals surface area contributed by atoms with Gasteiger partial charge in [0.25, 0.3) is 5.91 Å². The molecular weight excluding hydrogens is 346 g/mol. The van der Waals surface area contributed by atoms with E-state index in [1.807, 2.05) is 6.07 Å². The van der Waals surface area contributed by atoms with Gasteiger partial charge in [-0.3, -0.25) is 4.79 Å². The minimum Gasteiger partial charge on any atom is -0.376 e. The minimum absolute atomic E-state index is 0.0100. The number of thiophene rings is 1. The predicted octanol–water partition coefficient (Wildman–Crippen LogP) is 3.74. The molecule has 1 aliphatic heterocycles. The Labute approximate surface area is 156 Å². The number of aromatic nitrogens is 2. The molecule has 1 aromatic carbocycles. The van der Waals surface area contributed by atoms with Gasteiger partial charge in [-0.25, -0.2) is 4.98 Å². The molecule has 0 radical (unpaired) electrons. The maximum Gasteiger partial charge on any atom is 0.261 e. The molecule has 5 nitrogen and oxygen atoms in total. The van der Waals surface area contributed by atoms with Crippen molar-refractivity contribution in [1.29, 1.82) is 0 Å². The molecule has 2 aromatic heterocycles. The number of benzene rings is 1. The van der Waals surface area contributed by atoms with Crippen LogP contribution in [0.15, 0.2) is 24.3 Å². The summed E-state index contributed by atoms with van der Waals surface area (Å²) in [6.07, 6.45) is 3.41. The Morgan fingerprint density at radius 2 is 2.27 bits per heavy atom. The minimum atomic E-state index is -0.0100. The van der Waals surface area contributed by atoms with E-state index in [0.717, 1.165) is 40.4 Å². The van der Waals surface area contributed by atoms with Crippen LogP contribution in [0.25, 0.3) is 11.0 Å². The van der Waals surface area contributed by atoms with Gasteiger partial charge in [0.2, 0.25) is 0 Å². The molecule has 5 rings (SSSR count). The van der Waals surface area contributed by atoms with Crippen LogP contribution in [0, 0.1) is 6.92 Å². The lowest BCUT2D eigenvalue weighted by molar-refractivity contribution is 0.0954. The molecular formula is C20H21N3O2S. The first-order valence-corrected chi connectivity index (χ1v) is 9.95. The van der Waals surface area contributed by atoms with Crippen LogP contribution in [0.1, 0.15) is 50.4 Å². The van der Waals surface area contributed by atoms with Crippen molar-refractivity contribution in [2.75, 3.05) is 6.61 Å². The van der Waals surface area contributed by atoms with E-state index in [0.29, 0.717) is 19.2 Å². The molecule has 3 heterocycles. The van der Waals surface area contributed by atoms with Crippen LogP contribution in [0.4, 0.5) is 0 Å². The third-order valence-electron chi connectivity index (χ3n) is 5.15. The molecule has 3 aromatic rings. The van der Waals surface area contributed by atoms with Gasteiger partial charge in [0.05, 0.1) is 29.1 Å². The number of hydrogen-bond donors (Lipinski definition) is 1. The number of amides is 1. The molecule has 0 spiro atoms. The summed E-state index contributed by atoms with van der Waals surface area (Å²) in [5, 5.41) is 3.04. The maximum atomic E-state index is 12.5. The van der Waals surface area contributed by atoms with Gasteiger partial charge in [-0.05, 0) is 49.1 Å². The number of carbonyl (C=O) groups excluding carboxylic acids is 1. The molecule has 0 saturated heterocycles. The van der Waals surface area contributed by atoms with Gasteiger partial charge in [-0.2, -0.15) is 0 Å². The van der Waals surface area contributed by atoms with Crippen molar-refractivity contribution >= 4 is 28.3 Å². The Hall–Kier alpha value is -2.18. The van der Waals surface area contributed by atoms with Gasteiger partial charge < -0.3 is 14.6 Å². The van der Waals surface area contributed by atoms with Crippen LogP contribution < -0.4 is 5.32 Å². The van der Waals surface area contributed by atoms with Crippen LogP contribution in [0.2, 0.25) is 0 Å². The third kappa shape index (κ3) is 2.83. The average molecular weight is 367 g/mol. The van der Waals surface area contributed by atoms with Crippen molar-refractivity contribution in [3.8, 4) is 0 Å². The van der Waals surface area contributed by atoms with Crippen LogP contribution in [-0.2, 0) is 24.3 Å². The van der Waals surface area contributed by atoms with E-state index in [2.05, 4.69) is 35.0 Å². The summed E-state index contributed by atoms with van der Waals surface area (Å²) in [5.41, 5.74) is 4.46. The Balaban J connectivity index is 1.31. The van der Waals surface area contributed by atoms with Crippen molar-refractivity contribution in [1.82, 2.24) is 14.9 Å². The number of hydrogen-bond acceptors (Lipinski definition) is 4. The lowest BCUT2D eigenvalue weighted by Gasteiger charge is -2.10. The molecule has 1 fully saturated rings. The highest BCUT2D eigenvalue weighted by atomic mass is 32.1. The van der Waals surface area contributed by atoms with E-state index in [1.165, 1.54) is 23.2 Å². The van der Waals surface area contributed by atoms with Gasteiger partial charge in [0.15, 0.2) is 0 Å². The molecule has 0 atom stereocenters. The van der Waals surface area contributed by atoms with Crippen molar-refractivity contribution in [2.24, 2.45) is 0 Å². The van der Waals surface area contributed by atoms with E-state index in [-0.39, 0.29) is 5.91 Å². The number of aryl methyl sites for hydroxylation is 1. The zero-order chi connectivity index (χ0) is 17.7. The quantitative estimate of drug-likeness (QED) is 0.764. The monoisotopic (exact) mass is 367 g/mol. The van der Waals surface area contributed by atoms with E-state index in [9.17, 15) is 4.79 Å². The van der Waals surface area contributed by atoms with E-state index < -0.39 is 0 Å². The standard InChI is InChI=1S/C20H21N3O2S/c1-12-22-16-8-13(2-5-17(16)23(12)15-3-4-15)10-21-20(24)19-9-14-11-25-7-6-18(14)26-19/h2,5,8-9,15H,3-4,6-7,10-11H2,1H3,(H,21,24). The first kappa shape index (κ1) is 16.0. The first-order chi connectivity index (χ1) is 12.7. The molecule has 2 aliphatic rings. The molecule has 1 saturated carbocycles. The second-order valence-corrected chi connectivity index (χ2v) is 8.26. The SMILES string of the molecule is Cc1nc2cc(CNC(=O)c3cc4c(s3)CCOC4)ccc2n1C1CC1. The van der Waals surface area contributed by atoms with Gasteiger partial charge >= 0.3 is 0 Å². The Morgan fingerprint density at radius 1 is 1.38 bits per heavy atom. The first-order valence-electron chi connectivity index (χ1n) is 9.14. The number of fused-ring (bicyclic) bond motifs is 2. The summed E-state index contributed by atoms with van der Waals surface area (Å²) < 4.78 is 7.80.